The smallest absolute Gasteiger partial charge is 0.315 e. The summed E-state index contributed by atoms with van der Waals surface area (Å²) in [5.41, 5.74) is 2.59. The molecule has 0 aliphatic carbocycles. The molecule has 26 heavy (non-hydrogen) atoms. The Bertz CT molecular complexity index is 868. The molecule has 0 amide bonds. The van der Waals surface area contributed by atoms with Crippen LogP contribution in [-0.2, 0) is 16.0 Å². The highest BCUT2D eigenvalue weighted by molar-refractivity contribution is 6.30. The van der Waals surface area contributed by atoms with E-state index < -0.39 is 11.7 Å². The molecule has 1 aliphatic heterocycles. The third kappa shape index (κ3) is 3.44. The van der Waals surface area contributed by atoms with E-state index in [9.17, 15) is 9.18 Å². The first kappa shape index (κ1) is 18.4. The second kappa shape index (κ2) is 7.46. The molecule has 136 valence electrons. The number of nitrogens with zero attached hydrogens (tertiary/aromatic N) is 1. The van der Waals surface area contributed by atoms with E-state index in [1.807, 2.05) is 6.92 Å². The highest BCUT2D eigenvalue weighted by Gasteiger charge is 2.41. The Balaban J connectivity index is 1.94. The first-order valence-corrected chi connectivity index (χ1v) is 8.58. The molecule has 0 bridgehead atoms. The van der Waals surface area contributed by atoms with E-state index in [-0.39, 0.29) is 16.9 Å². The minimum absolute atomic E-state index is 0.0806. The molecular formula is C20H19ClFNO3. The lowest BCUT2D eigenvalue weighted by Crippen LogP contribution is -2.17. The number of carbonyl (C=O) groups is 1. The lowest BCUT2D eigenvalue weighted by atomic mass is 9.86. The van der Waals surface area contributed by atoms with Gasteiger partial charge >= 0.3 is 5.97 Å². The van der Waals surface area contributed by atoms with E-state index in [2.05, 4.69) is 11.6 Å². The molecule has 0 spiro atoms. The van der Waals surface area contributed by atoms with Crippen molar-refractivity contribution in [2.45, 2.75) is 19.3 Å². The number of methoxy groups -OCH3 is 1. The van der Waals surface area contributed by atoms with Crippen LogP contribution in [-0.4, -0.2) is 24.7 Å². The van der Waals surface area contributed by atoms with Gasteiger partial charge in [-0.05, 0) is 30.2 Å². The third-order valence-corrected chi connectivity index (χ3v) is 4.87. The zero-order chi connectivity index (χ0) is 18.8. The van der Waals surface area contributed by atoms with Crippen LogP contribution in [0.2, 0.25) is 5.02 Å². The highest BCUT2D eigenvalue weighted by atomic mass is 35.5. The molecule has 0 saturated carbocycles. The van der Waals surface area contributed by atoms with Crippen molar-refractivity contribution in [2.24, 2.45) is 5.92 Å². The van der Waals surface area contributed by atoms with E-state index in [0.29, 0.717) is 30.0 Å². The second-order valence-corrected chi connectivity index (χ2v) is 6.79. The normalized spacial score (nSPS) is 19.3. The van der Waals surface area contributed by atoms with E-state index in [0.717, 1.165) is 11.1 Å². The first-order chi connectivity index (χ1) is 12.4. The molecule has 2 heterocycles. The first-order valence-electron chi connectivity index (χ1n) is 8.20. The van der Waals surface area contributed by atoms with Gasteiger partial charge in [0.05, 0.1) is 24.4 Å². The van der Waals surface area contributed by atoms with Crippen molar-refractivity contribution >= 4 is 17.6 Å². The number of halogens is 2. The van der Waals surface area contributed by atoms with Crippen LogP contribution in [0.5, 0.6) is 5.75 Å². The fourth-order valence-electron chi connectivity index (χ4n) is 3.15. The standard InChI is InChI=1S/C20H19ClFNO3/c1-11(2)14-10-26-20(24)17(14)19-16(25-3)8-12(9-23-19)7-13-5-4-6-15(21)18(13)22/h4-6,8-9,14,17H,1,7,10H2,2-3H3/t14-,17?/m1/s1. The van der Waals surface area contributed by atoms with Gasteiger partial charge in [-0.2, -0.15) is 0 Å². The molecule has 1 aliphatic rings. The average Bonchev–Trinajstić information content (AvgIpc) is 3.00. The molecule has 0 N–H and O–H groups in total. The molecule has 1 saturated heterocycles. The Labute approximate surface area is 156 Å². The summed E-state index contributed by atoms with van der Waals surface area (Å²) in [7, 11) is 1.51. The van der Waals surface area contributed by atoms with Gasteiger partial charge < -0.3 is 9.47 Å². The van der Waals surface area contributed by atoms with Crippen molar-refractivity contribution in [1.82, 2.24) is 4.98 Å². The SMILES string of the molecule is C=C(C)[C@H]1COC(=O)C1c1ncc(Cc2cccc(Cl)c2F)cc1OC. The van der Waals surface area contributed by atoms with Crippen molar-refractivity contribution in [3.8, 4) is 5.75 Å². The van der Waals surface area contributed by atoms with Crippen LogP contribution in [0.4, 0.5) is 4.39 Å². The van der Waals surface area contributed by atoms with E-state index in [4.69, 9.17) is 21.1 Å². The number of hydrogen-bond donors (Lipinski definition) is 0. The molecule has 1 aromatic carbocycles. The van der Waals surface area contributed by atoms with Gasteiger partial charge in [0.15, 0.2) is 0 Å². The summed E-state index contributed by atoms with van der Waals surface area (Å²) in [4.78, 5) is 16.6. The summed E-state index contributed by atoms with van der Waals surface area (Å²) in [5, 5.41) is 0.0806. The van der Waals surface area contributed by atoms with Crippen molar-refractivity contribution in [3.05, 3.63) is 70.3 Å². The van der Waals surface area contributed by atoms with Crippen LogP contribution in [0.1, 0.15) is 29.7 Å². The number of cyclic esters (lactones) is 1. The number of ether oxygens (including phenoxy) is 2. The number of carbonyl (C=O) groups excluding carboxylic acids is 1. The maximum Gasteiger partial charge on any atom is 0.315 e. The van der Waals surface area contributed by atoms with E-state index >= 15 is 0 Å². The Hall–Kier alpha value is -2.40. The molecule has 4 nitrogen and oxygen atoms in total. The number of benzene rings is 1. The summed E-state index contributed by atoms with van der Waals surface area (Å²) in [6.45, 7) is 6.09. The highest BCUT2D eigenvalue weighted by Crippen LogP contribution is 2.39. The van der Waals surface area contributed by atoms with E-state index in [1.165, 1.54) is 13.2 Å². The van der Waals surface area contributed by atoms with Crippen LogP contribution in [0.25, 0.3) is 0 Å². The largest absolute Gasteiger partial charge is 0.495 e. The van der Waals surface area contributed by atoms with Gasteiger partial charge in [0.1, 0.15) is 17.5 Å². The quantitative estimate of drug-likeness (QED) is 0.577. The van der Waals surface area contributed by atoms with E-state index in [1.54, 1.807) is 24.4 Å². The van der Waals surface area contributed by atoms with Gasteiger partial charge in [-0.1, -0.05) is 35.9 Å². The summed E-state index contributed by atoms with van der Waals surface area (Å²) in [6, 6.07) is 6.65. The minimum atomic E-state index is -0.542. The van der Waals surface area contributed by atoms with Crippen molar-refractivity contribution < 1.29 is 18.7 Å². The van der Waals surface area contributed by atoms with Crippen LogP contribution >= 0.6 is 11.6 Å². The molecule has 2 aromatic rings. The van der Waals surface area contributed by atoms with Gasteiger partial charge in [-0.25, -0.2) is 4.39 Å². The summed E-state index contributed by atoms with van der Waals surface area (Å²) < 4.78 is 24.8. The van der Waals surface area contributed by atoms with Crippen LogP contribution in [0, 0.1) is 11.7 Å². The Morgan fingerprint density at radius 2 is 2.27 bits per heavy atom. The Morgan fingerprint density at radius 3 is 2.96 bits per heavy atom. The monoisotopic (exact) mass is 375 g/mol. The lowest BCUT2D eigenvalue weighted by Gasteiger charge is -2.18. The van der Waals surface area contributed by atoms with Crippen LogP contribution < -0.4 is 4.74 Å². The number of rotatable bonds is 5. The van der Waals surface area contributed by atoms with Crippen molar-refractivity contribution in [3.63, 3.8) is 0 Å². The zero-order valence-corrected chi connectivity index (χ0v) is 15.3. The molecule has 1 unspecified atom stereocenters. The van der Waals surface area contributed by atoms with Gasteiger partial charge in [-0.3, -0.25) is 9.78 Å². The van der Waals surface area contributed by atoms with Crippen LogP contribution in [0.15, 0.2) is 42.6 Å². The Morgan fingerprint density at radius 1 is 1.50 bits per heavy atom. The predicted molar refractivity (Wildman–Crippen MR) is 97.0 cm³/mol. The number of esters is 1. The third-order valence-electron chi connectivity index (χ3n) is 4.57. The number of hydrogen-bond acceptors (Lipinski definition) is 4. The summed E-state index contributed by atoms with van der Waals surface area (Å²) in [5.74, 6) is -0.990. The molecular weight excluding hydrogens is 357 g/mol. The molecule has 2 atom stereocenters. The number of aromatic nitrogens is 1. The predicted octanol–water partition coefficient (Wildman–Crippen LogP) is 4.31. The van der Waals surface area contributed by atoms with Crippen LogP contribution in [0.3, 0.4) is 0 Å². The fourth-order valence-corrected chi connectivity index (χ4v) is 3.34. The van der Waals surface area contributed by atoms with Gasteiger partial charge in [0, 0.05) is 18.5 Å². The molecule has 0 radical (unpaired) electrons. The molecule has 6 heteroatoms. The summed E-state index contributed by atoms with van der Waals surface area (Å²) >= 11 is 5.84. The van der Waals surface area contributed by atoms with Crippen molar-refractivity contribution in [2.75, 3.05) is 13.7 Å². The second-order valence-electron chi connectivity index (χ2n) is 6.38. The lowest BCUT2D eigenvalue weighted by molar-refractivity contribution is -0.139. The number of pyridine rings is 1. The molecule has 1 fully saturated rings. The maximum absolute atomic E-state index is 14.1. The van der Waals surface area contributed by atoms with Gasteiger partial charge in [-0.15, -0.1) is 0 Å². The molecule has 3 rings (SSSR count). The van der Waals surface area contributed by atoms with Gasteiger partial charge in [0.2, 0.25) is 0 Å². The fraction of sp³-hybridized carbons (Fsp3) is 0.300. The average molecular weight is 376 g/mol. The topological polar surface area (TPSA) is 48.4 Å². The van der Waals surface area contributed by atoms with Gasteiger partial charge in [0.25, 0.3) is 0 Å². The minimum Gasteiger partial charge on any atom is -0.495 e. The Kier molecular flexibility index (Phi) is 5.28. The van der Waals surface area contributed by atoms with Crippen molar-refractivity contribution in [1.29, 1.82) is 0 Å². The summed E-state index contributed by atoms with van der Waals surface area (Å²) in [6.07, 6.45) is 1.94. The molecule has 1 aromatic heterocycles. The zero-order valence-electron chi connectivity index (χ0n) is 14.6. The maximum atomic E-state index is 14.1.